The number of hydrogen-bond donors (Lipinski definition) is 0. The molecule has 0 aliphatic rings. The Balaban J connectivity index is 4.00. The molecule has 0 aliphatic heterocycles. The molecule has 0 bridgehead atoms. The Kier molecular flexibility index (Phi) is 5.88. The van der Waals surface area contributed by atoms with Crippen molar-refractivity contribution in [1.82, 2.24) is 0 Å². The Bertz CT molecular complexity index is 189. The molecule has 0 aromatic carbocycles. The summed E-state index contributed by atoms with van der Waals surface area (Å²) in [4.78, 5) is 10.9. The summed E-state index contributed by atoms with van der Waals surface area (Å²) >= 11 is 5.07. The number of ether oxygens (including phenoxy) is 1. The van der Waals surface area contributed by atoms with E-state index in [1.165, 1.54) is 0 Å². The first kappa shape index (κ1) is 12.6. The monoisotopic (exact) mass is 202 g/mol. The molecule has 2 nitrogen and oxygen atoms in total. The lowest BCUT2D eigenvalue weighted by atomic mass is 9.92. The molecule has 76 valence electrons. The summed E-state index contributed by atoms with van der Waals surface area (Å²) in [7, 11) is 0. The third kappa shape index (κ3) is 4.98. The number of carbonyl (C=O) groups excluding carboxylic acids is 1. The Morgan fingerprint density at radius 2 is 2.00 bits per heavy atom. The van der Waals surface area contributed by atoms with Crippen LogP contribution in [0.3, 0.4) is 0 Å². The van der Waals surface area contributed by atoms with Crippen molar-refractivity contribution in [3.63, 3.8) is 0 Å². The zero-order valence-corrected chi connectivity index (χ0v) is 9.61. The van der Waals surface area contributed by atoms with Crippen molar-refractivity contribution in [2.24, 2.45) is 11.8 Å². The van der Waals surface area contributed by atoms with Gasteiger partial charge < -0.3 is 9.53 Å². The van der Waals surface area contributed by atoms with Crippen LogP contribution < -0.4 is 0 Å². The van der Waals surface area contributed by atoms with Crippen LogP contribution in [-0.2, 0) is 9.53 Å². The van der Waals surface area contributed by atoms with Gasteiger partial charge in [0.05, 0.1) is 6.61 Å². The van der Waals surface area contributed by atoms with Gasteiger partial charge in [-0.15, -0.1) is 0 Å². The number of carbonyl (C=O) groups is 1. The smallest absolute Gasteiger partial charge is 0.162 e. The number of Topliss-reactive ketones (excluding diaryl/α,β-unsaturated/α-hetero) is 1. The van der Waals surface area contributed by atoms with E-state index < -0.39 is 0 Å². The maximum absolute atomic E-state index is 10.9. The molecule has 0 fully saturated rings. The quantitative estimate of drug-likeness (QED) is 0.641. The molecule has 0 aliphatic carbocycles. The van der Waals surface area contributed by atoms with Crippen LogP contribution in [0.25, 0.3) is 0 Å². The molecular formula is C10H18O2S. The van der Waals surface area contributed by atoms with Gasteiger partial charge in [0.15, 0.2) is 5.05 Å². The highest BCUT2D eigenvalue weighted by Gasteiger charge is 2.18. The summed E-state index contributed by atoms with van der Waals surface area (Å²) in [5.74, 6) is 0.661. The van der Waals surface area contributed by atoms with Gasteiger partial charge in [-0.2, -0.15) is 0 Å². The van der Waals surface area contributed by atoms with Crippen LogP contribution in [0, 0.1) is 11.8 Å². The normalized spacial score (nSPS) is 14.8. The fourth-order valence-corrected chi connectivity index (χ4v) is 1.49. The zero-order chi connectivity index (χ0) is 10.4. The average molecular weight is 202 g/mol. The van der Waals surface area contributed by atoms with Crippen LogP contribution in [0.1, 0.15) is 34.1 Å². The summed E-state index contributed by atoms with van der Waals surface area (Å²) < 4.78 is 5.23. The number of ketones is 1. The molecule has 0 amide bonds. The summed E-state index contributed by atoms with van der Waals surface area (Å²) in [5.41, 5.74) is 0. The predicted octanol–water partition coefficient (Wildman–Crippen LogP) is 2.60. The lowest BCUT2D eigenvalue weighted by molar-refractivity contribution is -0.117. The molecule has 0 radical (unpaired) electrons. The van der Waals surface area contributed by atoms with Crippen LogP contribution in [0.2, 0.25) is 0 Å². The minimum atomic E-state index is 0.179. The van der Waals surface area contributed by atoms with E-state index in [9.17, 15) is 4.79 Å². The van der Waals surface area contributed by atoms with Crippen LogP contribution >= 0.6 is 12.2 Å². The van der Waals surface area contributed by atoms with Gasteiger partial charge in [0.1, 0.15) is 5.78 Å². The average Bonchev–Trinajstić information content (AvgIpc) is 2.02. The second kappa shape index (κ2) is 6.08. The second-order valence-corrected chi connectivity index (χ2v) is 3.83. The van der Waals surface area contributed by atoms with E-state index in [0.717, 1.165) is 0 Å². The van der Waals surface area contributed by atoms with Crippen molar-refractivity contribution in [3.05, 3.63) is 0 Å². The van der Waals surface area contributed by atoms with Crippen molar-refractivity contribution in [1.29, 1.82) is 0 Å². The Hall–Kier alpha value is -0.440. The lowest BCUT2D eigenvalue weighted by Gasteiger charge is -2.19. The molecule has 0 rings (SSSR count). The van der Waals surface area contributed by atoms with Crippen LogP contribution in [0.4, 0.5) is 0 Å². The Morgan fingerprint density at radius 1 is 1.46 bits per heavy atom. The van der Waals surface area contributed by atoms with Crippen LogP contribution in [0.5, 0.6) is 0 Å². The molecule has 0 heterocycles. The summed E-state index contributed by atoms with van der Waals surface area (Å²) in [6.07, 6.45) is 0.578. The molecule has 0 aromatic rings. The van der Waals surface area contributed by atoms with Crippen molar-refractivity contribution in [2.45, 2.75) is 34.1 Å². The number of rotatable bonds is 5. The highest BCUT2D eigenvalue weighted by atomic mass is 32.1. The molecule has 2 unspecified atom stereocenters. The fraction of sp³-hybridized carbons (Fsp3) is 0.800. The molecule has 13 heavy (non-hydrogen) atoms. The van der Waals surface area contributed by atoms with Crippen molar-refractivity contribution in [2.75, 3.05) is 6.61 Å². The van der Waals surface area contributed by atoms with Crippen molar-refractivity contribution in [3.8, 4) is 0 Å². The highest BCUT2D eigenvalue weighted by Crippen LogP contribution is 2.17. The summed E-state index contributed by atoms with van der Waals surface area (Å²) in [6.45, 7) is 8.15. The first-order chi connectivity index (χ1) is 5.99. The molecule has 0 saturated carbocycles. The zero-order valence-electron chi connectivity index (χ0n) is 8.79. The third-order valence-electron chi connectivity index (χ3n) is 2.12. The van der Waals surface area contributed by atoms with E-state index in [2.05, 4.69) is 0 Å². The van der Waals surface area contributed by atoms with Gasteiger partial charge >= 0.3 is 0 Å². The topological polar surface area (TPSA) is 26.3 Å². The molecule has 0 saturated heterocycles. The minimum absolute atomic E-state index is 0.179. The van der Waals surface area contributed by atoms with Gasteiger partial charge in [-0.05, 0) is 32.0 Å². The number of hydrogen-bond acceptors (Lipinski definition) is 3. The molecule has 2 atom stereocenters. The fourth-order valence-electron chi connectivity index (χ4n) is 1.14. The second-order valence-electron chi connectivity index (χ2n) is 3.42. The SMILES string of the molecule is CCOC(=S)C(C)C(C)CC(C)=O. The van der Waals surface area contributed by atoms with Gasteiger partial charge in [-0.25, -0.2) is 0 Å². The van der Waals surface area contributed by atoms with Crippen LogP contribution in [0.15, 0.2) is 0 Å². The molecule has 0 aromatic heterocycles. The molecular weight excluding hydrogens is 184 g/mol. The van der Waals surface area contributed by atoms with Crippen molar-refractivity contribution >= 4 is 23.1 Å². The third-order valence-corrected chi connectivity index (χ3v) is 2.61. The van der Waals surface area contributed by atoms with Crippen molar-refractivity contribution < 1.29 is 9.53 Å². The van der Waals surface area contributed by atoms with E-state index in [1.54, 1.807) is 6.92 Å². The number of thiocarbonyl (C=S) groups is 1. The summed E-state index contributed by atoms with van der Waals surface area (Å²) in [5, 5.41) is 0.622. The van der Waals surface area contributed by atoms with E-state index >= 15 is 0 Å². The van der Waals surface area contributed by atoms with Gasteiger partial charge in [-0.1, -0.05) is 13.8 Å². The molecule has 3 heteroatoms. The first-order valence-corrected chi connectivity index (χ1v) is 5.05. The van der Waals surface area contributed by atoms with Gasteiger partial charge in [0.2, 0.25) is 0 Å². The minimum Gasteiger partial charge on any atom is -0.487 e. The van der Waals surface area contributed by atoms with E-state index in [4.69, 9.17) is 17.0 Å². The lowest BCUT2D eigenvalue weighted by Crippen LogP contribution is -2.21. The van der Waals surface area contributed by atoms with Crippen LogP contribution in [-0.4, -0.2) is 17.4 Å². The molecule has 0 N–H and O–H groups in total. The van der Waals surface area contributed by atoms with Gasteiger partial charge in [0, 0.05) is 12.3 Å². The largest absolute Gasteiger partial charge is 0.487 e. The van der Waals surface area contributed by atoms with E-state index in [-0.39, 0.29) is 17.6 Å². The van der Waals surface area contributed by atoms with Gasteiger partial charge in [-0.3, -0.25) is 0 Å². The Morgan fingerprint density at radius 3 is 2.38 bits per heavy atom. The highest BCUT2D eigenvalue weighted by molar-refractivity contribution is 7.80. The van der Waals surface area contributed by atoms with Gasteiger partial charge in [0.25, 0.3) is 0 Å². The Labute approximate surface area is 85.7 Å². The maximum Gasteiger partial charge on any atom is 0.162 e. The standard InChI is InChI=1S/C10H18O2S/c1-5-12-10(13)9(4)7(2)6-8(3)11/h7,9H,5-6H2,1-4H3. The van der Waals surface area contributed by atoms with E-state index in [0.29, 0.717) is 18.1 Å². The predicted molar refractivity (Wildman–Crippen MR) is 57.9 cm³/mol. The summed E-state index contributed by atoms with van der Waals surface area (Å²) in [6, 6.07) is 0. The van der Waals surface area contributed by atoms with E-state index in [1.807, 2.05) is 20.8 Å². The molecule has 0 spiro atoms. The first-order valence-electron chi connectivity index (χ1n) is 4.65. The maximum atomic E-state index is 10.9.